The number of β-amino-alcohol motifs (C(OH)–C–C–N with tert-alkyl or cyclic N) is 1. The lowest BCUT2D eigenvalue weighted by Crippen LogP contribution is -2.57. The highest BCUT2D eigenvalue weighted by Gasteiger charge is 2.40. The number of carbonyl (C=O) groups excluding carboxylic acids is 2. The minimum absolute atomic E-state index is 0.0496. The van der Waals surface area contributed by atoms with Gasteiger partial charge in [-0.25, -0.2) is 0 Å². The Hall–Kier alpha value is -2.08. The summed E-state index contributed by atoms with van der Waals surface area (Å²) in [5.74, 6) is 0.301. The molecule has 6 heteroatoms. The van der Waals surface area contributed by atoms with E-state index in [0.29, 0.717) is 30.9 Å². The zero-order valence-electron chi connectivity index (χ0n) is 13.2. The summed E-state index contributed by atoms with van der Waals surface area (Å²) in [4.78, 5) is 25.7. The first-order valence-corrected chi connectivity index (χ1v) is 7.94. The number of hydrogen-bond acceptors (Lipinski definition) is 4. The van der Waals surface area contributed by atoms with Gasteiger partial charge in [0.1, 0.15) is 5.75 Å². The molecule has 3 N–H and O–H groups in total. The van der Waals surface area contributed by atoms with Crippen molar-refractivity contribution in [3.63, 3.8) is 0 Å². The Labute approximate surface area is 135 Å². The molecule has 1 aromatic rings. The van der Waals surface area contributed by atoms with Crippen molar-refractivity contribution in [3.05, 3.63) is 29.3 Å². The van der Waals surface area contributed by atoms with Crippen LogP contribution in [0.15, 0.2) is 18.2 Å². The predicted molar refractivity (Wildman–Crippen MR) is 84.3 cm³/mol. The van der Waals surface area contributed by atoms with Crippen LogP contribution in [0.4, 0.5) is 0 Å². The van der Waals surface area contributed by atoms with Crippen molar-refractivity contribution in [2.45, 2.75) is 37.2 Å². The SMILES string of the molecule is COc1ccc(C(=O)N2CCCC(O)(C(N)=O)C2)cc1C1CC1. The van der Waals surface area contributed by atoms with Gasteiger partial charge in [0.15, 0.2) is 5.60 Å². The van der Waals surface area contributed by atoms with E-state index in [4.69, 9.17) is 10.5 Å². The first kappa shape index (κ1) is 15.8. The lowest BCUT2D eigenvalue weighted by Gasteiger charge is -2.37. The molecule has 2 fully saturated rings. The van der Waals surface area contributed by atoms with E-state index in [9.17, 15) is 14.7 Å². The molecule has 0 spiro atoms. The lowest BCUT2D eigenvalue weighted by atomic mass is 9.91. The zero-order valence-corrected chi connectivity index (χ0v) is 13.2. The molecule has 1 aliphatic carbocycles. The van der Waals surface area contributed by atoms with E-state index in [2.05, 4.69) is 0 Å². The molecule has 2 amide bonds. The molecule has 1 unspecified atom stereocenters. The number of benzene rings is 1. The second-order valence-corrected chi connectivity index (χ2v) is 6.46. The molecule has 0 aromatic heterocycles. The zero-order chi connectivity index (χ0) is 16.6. The predicted octanol–water partition coefficient (Wildman–Crippen LogP) is 1.03. The quantitative estimate of drug-likeness (QED) is 0.867. The Morgan fingerprint density at radius 1 is 1.39 bits per heavy atom. The molecule has 2 aliphatic rings. The number of likely N-dealkylation sites (tertiary alicyclic amines) is 1. The first-order valence-electron chi connectivity index (χ1n) is 7.94. The van der Waals surface area contributed by atoms with E-state index in [0.717, 1.165) is 24.2 Å². The summed E-state index contributed by atoms with van der Waals surface area (Å²) in [6.07, 6.45) is 3.07. The molecular weight excluding hydrogens is 296 g/mol. The normalized spacial score (nSPS) is 24.3. The van der Waals surface area contributed by atoms with E-state index < -0.39 is 11.5 Å². The number of amides is 2. The number of methoxy groups -OCH3 is 1. The largest absolute Gasteiger partial charge is 0.496 e. The number of hydrogen-bond donors (Lipinski definition) is 2. The average molecular weight is 318 g/mol. The minimum atomic E-state index is -1.63. The van der Waals surface area contributed by atoms with Gasteiger partial charge in [-0.1, -0.05) is 0 Å². The van der Waals surface area contributed by atoms with E-state index in [-0.39, 0.29) is 12.5 Å². The summed E-state index contributed by atoms with van der Waals surface area (Å²) in [6, 6.07) is 5.41. The van der Waals surface area contributed by atoms with Crippen molar-refractivity contribution in [3.8, 4) is 5.75 Å². The highest BCUT2D eigenvalue weighted by Crippen LogP contribution is 2.44. The number of rotatable bonds is 4. The van der Waals surface area contributed by atoms with Crippen molar-refractivity contribution in [1.82, 2.24) is 4.90 Å². The van der Waals surface area contributed by atoms with Crippen molar-refractivity contribution in [2.75, 3.05) is 20.2 Å². The third kappa shape index (κ3) is 3.03. The maximum atomic E-state index is 12.7. The summed E-state index contributed by atoms with van der Waals surface area (Å²) in [5, 5.41) is 10.3. The Kier molecular flexibility index (Phi) is 4.02. The second-order valence-electron chi connectivity index (χ2n) is 6.46. The van der Waals surface area contributed by atoms with Crippen LogP contribution in [0.2, 0.25) is 0 Å². The van der Waals surface area contributed by atoms with Crippen LogP contribution in [-0.4, -0.2) is 47.6 Å². The molecule has 3 rings (SSSR count). The third-order valence-electron chi connectivity index (χ3n) is 4.71. The van der Waals surface area contributed by atoms with Crippen molar-refractivity contribution >= 4 is 11.8 Å². The molecule has 0 radical (unpaired) electrons. The Bertz CT molecular complexity index is 641. The van der Waals surface area contributed by atoms with Gasteiger partial charge in [0.25, 0.3) is 11.8 Å². The van der Waals surface area contributed by atoms with Gasteiger partial charge in [0.05, 0.1) is 13.7 Å². The summed E-state index contributed by atoms with van der Waals surface area (Å²) >= 11 is 0. The van der Waals surface area contributed by atoms with Crippen LogP contribution in [0.25, 0.3) is 0 Å². The van der Waals surface area contributed by atoms with Crippen molar-refractivity contribution in [2.24, 2.45) is 5.73 Å². The van der Waals surface area contributed by atoms with Gasteiger partial charge in [-0.05, 0) is 55.4 Å². The maximum absolute atomic E-state index is 12.7. The van der Waals surface area contributed by atoms with Crippen LogP contribution in [0.3, 0.4) is 0 Å². The summed E-state index contributed by atoms with van der Waals surface area (Å²) < 4.78 is 5.37. The van der Waals surface area contributed by atoms with E-state index >= 15 is 0 Å². The standard InChI is InChI=1S/C17H22N2O4/c1-23-14-6-5-12(9-13(14)11-3-4-11)15(20)19-8-2-7-17(22,10-19)16(18)21/h5-6,9,11,22H,2-4,7-8,10H2,1H3,(H2,18,21). The molecule has 0 bridgehead atoms. The summed E-state index contributed by atoms with van der Waals surface area (Å²) in [5.41, 5.74) is 5.26. The lowest BCUT2D eigenvalue weighted by molar-refractivity contribution is -0.140. The Balaban J connectivity index is 1.82. The van der Waals surface area contributed by atoms with Crippen molar-refractivity contribution < 1.29 is 19.4 Å². The van der Waals surface area contributed by atoms with E-state index in [1.807, 2.05) is 12.1 Å². The molecule has 1 aliphatic heterocycles. The molecule has 1 saturated carbocycles. The van der Waals surface area contributed by atoms with Crippen LogP contribution in [0.1, 0.15) is 47.5 Å². The number of aliphatic hydroxyl groups is 1. The van der Waals surface area contributed by atoms with Gasteiger partial charge in [-0.15, -0.1) is 0 Å². The summed E-state index contributed by atoms with van der Waals surface area (Å²) in [7, 11) is 1.63. The highest BCUT2D eigenvalue weighted by atomic mass is 16.5. The summed E-state index contributed by atoms with van der Waals surface area (Å²) in [6.45, 7) is 0.463. The molecule has 124 valence electrons. The fourth-order valence-electron chi connectivity index (χ4n) is 3.17. The molecular formula is C17H22N2O4. The average Bonchev–Trinajstić information content (AvgIpc) is 3.38. The van der Waals surface area contributed by atoms with E-state index in [1.165, 1.54) is 4.90 Å². The van der Waals surface area contributed by atoms with Crippen molar-refractivity contribution in [1.29, 1.82) is 0 Å². The van der Waals surface area contributed by atoms with Gasteiger partial charge in [-0.3, -0.25) is 9.59 Å². The van der Waals surface area contributed by atoms with Crippen LogP contribution < -0.4 is 10.5 Å². The molecule has 1 atom stereocenters. The third-order valence-corrected chi connectivity index (χ3v) is 4.71. The number of piperidine rings is 1. The first-order chi connectivity index (χ1) is 10.9. The van der Waals surface area contributed by atoms with Gasteiger partial charge in [0, 0.05) is 12.1 Å². The van der Waals surface area contributed by atoms with Crippen LogP contribution >= 0.6 is 0 Å². The second kappa shape index (κ2) is 5.85. The molecule has 1 aromatic carbocycles. The van der Waals surface area contributed by atoms with Gasteiger partial charge < -0.3 is 20.5 Å². The number of nitrogens with zero attached hydrogens (tertiary/aromatic N) is 1. The van der Waals surface area contributed by atoms with Gasteiger partial charge in [0.2, 0.25) is 0 Å². The smallest absolute Gasteiger partial charge is 0.253 e. The van der Waals surface area contributed by atoms with Gasteiger partial charge >= 0.3 is 0 Å². The monoisotopic (exact) mass is 318 g/mol. The fourth-order valence-corrected chi connectivity index (χ4v) is 3.17. The topological polar surface area (TPSA) is 92.9 Å². The fraction of sp³-hybridized carbons (Fsp3) is 0.529. The number of carbonyl (C=O) groups is 2. The Morgan fingerprint density at radius 2 is 2.13 bits per heavy atom. The van der Waals surface area contributed by atoms with Crippen LogP contribution in [-0.2, 0) is 4.79 Å². The van der Waals surface area contributed by atoms with Crippen LogP contribution in [0.5, 0.6) is 5.75 Å². The van der Waals surface area contributed by atoms with E-state index in [1.54, 1.807) is 13.2 Å². The highest BCUT2D eigenvalue weighted by molar-refractivity contribution is 5.95. The molecule has 6 nitrogen and oxygen atoms in total. The molecule has 1 saturated heterocycles. The van der Waals surface area contributed by atoms with Crippen LogP contribution in [0, 0.1) is 0 Å². The molecule has 1 heterocycles. The maximum Gasteiger partial charge on any atom is 0.253 e. The molecule has 23 heavy (non-hydrogen) atoms. The minimum Gasteiger partial charge on any atom is -0.496 e. The Morgan fingerprint density at radius 3 is 2.74 bits per heavy atom. The number of nitrogens with two attached hydrogens (primary N) is 1. The number of ether oxygens (including phenoxy) is 1. The number of primary amides is 1. The van der Waals surface area contributed by atoms with Gasteiger partial charge in [-0.2, -0.15) is 0 Å².